The molecule has 1 atom stereocenters. The summed E-state index contributed by atoms with van der Waals surface area (Å²) in [7, 11) is -3.18. The lowest BCUT2D eigenvalue weighted by atomic mass is 10.0. The molecule has 1 aliphatic heterocycles. The van der Waals surface area contributed by atoms with E-state index in [1.165, 1.54) is 0 Å². The van der Waals surface area contributed by atoms with Crippen molar-refractivity contribution in [2.45, 2.75) is 50.2 Å². The molecule has 0 aromatic carbocycles. The molecule has 0 bridgehead atoms. The summed E-state index contributed by atoms with van der Waals surface area (Å²) in [6, 6.07) is 5.65. The Morgan fingerprint density at radius 1 is 1.11 bits per heavy atom. The molecule has 28 heavy (non-hydrogen) atoms. The van der Waals surface area contributed by atoms with E-state index in [2.05, 4.69) is 15.2 Å². The Morgan fingerprint density at radius 2 is 1.96 bits per heavy atom. The van der Waals surface area contributed by atoms with Crippen LogP contribution in [0.2, 0.25) is 0 Å². The summed E-state index contributed by atoms with van der Waals surface area (Å²) in [6.45, 7) is 1.73. The standard InChI is InChI=1S/C20H28N4O3S/c25-28(26,18-6-2-1-3-7-18)24-12-4-5-16(14-24)15-27-17-8-9-19(21-13-17)20-10-11-22-23-20/h8-11,13,16,18H,1-7,12,14-15H2,(H,22,23)/t16-/m1/s1. The quantitative estimate of drug-likeness (QED) is 0.799. The van der Waals surface area contributed by atoms with Gasteiger partial charge in [0.1, 0.15) is 5.75 Å². The van der Waals surface area contributed by atoms with E-state index in [0.717, 1.165) is 56.3 Å². The summed E-state index contributed by atoms with van der Waals surface area (Å²) < 4.78 is 33.6. The van der Waals surface area contributed by atoms with Crippen LogP contribution in [0.4, 0.5) is 0 Å². The number of rotatable bonds is 6. The Hall–Kier alpha value is -1.93. The van der Waals surface area contributed by atoms with Gasteiger partial charge in [-0.2, -0.15) is 5.10 Å². The van der Waals surface area contributed by atoms with Crippen LogP contribution < -0.4 is 4.74 Å². The Labute approximate surface area is 166 Å². The van der Waals surface area contributed by atoms with E-state index >= 15 is 0 Å². The molecule has 3 heterocycles. The van der Waals surface area contributed by atoms with Gasteiger partial charge in [-0.1, -0.05) is 19.3 Å². The Balaban J connectivity index is 1.32. The SMILES string of the molecule is O=S(=O)(C1CCCCC1)N1CCC[C@@H](COc2ccc(-c3ccn[nH]3)nc2)C1. The third-order valence-corrected chi connectivity index (χ3v) is 8.18. The molecule has 1 N–H and O–H groups in total. The normalized spacial score (nSPS) is 22.2. The number of hydrogen-bond acceptors (Lipinski definition) is 5. The zero-order valence-electron chi connectivity index (χ0n) is 16.1. The first-order valence-electron chi connectivity index (χ1n) is 10.2. The van der Waals surface area contributed by atoms with Crippen LogP contribution >= 0.6 is 0 Å². The van der Waals surface area contributed by atoms with E-state index in [4.69, 9.17) is 4.74 Å². The van der Waals surface area contributed by atoms with Crippen molar-refractivity contribution >= 4 is 10.0 Å². The number of piperidine rings is 1. The molecule has 0 amide bonds. The van der Waals surface area contributed by atoms with E-state index < -0.39 is 10.0 Å². The van der Waals surface area contributed by atoms with Crippen molar-refractivity contribution in [2.24, 2.45) is 5.92 Å². The smallest absolute Gasteiger partial charge is 0.216 e. The molecular formula is C20H28N4O3S. The lowest BCUT2D eigenvalue weighted by Crippen LogP contribution is -2.46. The summed E-state index contributed by atoms with van der Waals surface area (Å²) in [5.41, 5.74) is 1.68. The zero-order valence-corrected chi connectivity index (χ0v) is 16.9. The van der Waals surface area contributed by atoms with Gasteiger partial charge in [-0.15, -0.1) is 0 Å². The van der Waals surface area contributed by atoms with E-state index in [1.807, 2.05) is 18.2 Å². The van der Waals surface area contributed by atoms with Crippen LogP contribution in [0.5, 0.6) is 5.75 Å². The summed E-state index contributed by atoms with van der Waals surface area (Å²) >= 11 is 0. The van der Waals surface area contributed by atoms with Gasteiger partial charge < -0.3 is 4.74 Å². The molecular weight excluding hydrogens is 376 g/mol. The summed E-state index contributed by atoms with van der Waals surface area (Å²) in [6.07, 6.45) is 10.1. The average Bonchev–Trinajstić information content (AvgIpc) is 3.28. The van der Waals surface area contributed by atoms with Gasteiger partial charge in [0.2, 0.25) is 10.0 Å². The van der Waals surface area contributed by atoms with Gasteiger partial charge in [-0.05, 0) is 43.9 Å². The third kappa shape index (κ3) is 4.38. The van der Waals surface area contributed by atoms with Crippen molar-refractivity contribution < 1.29 is 13.2 Å². The van der Waals surface area contributed by atoms with E-state index in [-0.39, 0.29) is 11.2 Å². The fourth-order valence-electron chi connectivity index (χ4n) is 4.21. The minimum Gasteiger partial charge on any atom is -0.492 e. The topological polar surface area (TPSA) is 88.2 Å². The molecule has 152 valence electrons. The van der Waals surface area contributed by atoms with Crippen LogP contribution in [0.15, 0.2) is 30.6 Å². The molecule has 0 spiro atoms. The molecule has 4 rings (SSSR count). The molecule has 0 radical (unpaired) electrons. The van der Waals surface area contributed by atoms with Crippen LogP contribution in [0.1, 0.15) is 44.9 Å². The lowest BCUT2D eigenvalue weighted by molar-refractivity contribution is 0.178. The second kappa shape index (κ2) is 8.61. The summed E-state index contributed by atoms with van der Waals surface area (Å²) in [5, 5.41) is 6.64. The van der Waals surface area contributed by atoms with Gasteiger partial charge in [0.05, 0.1) is 29.4 Å². The van der Waals surface area contributed by atoms with Gasteiger partial charge in [-0.25, -0.2) is 12.7 Å². The molecule has 1 saturated heterocycles. The van der Waals surface area contributed by atoms with E-state index in [9.17, 15) is 8.42 Å². The number of pyridine rings is 1. The number of aromatic nitrogens is 3. The first kappa shape index (κ1) is 19.4. The highest BCUT2D eigenvalue weighted by molar-refractivity contribution is 7.89. The second-order valence-electron chi connectivity index (χ2n) is 7.83. The molecule has 0 unspecified atom stereocenters. The second-order valence-corrected chi connectivity index (χ2v) is 10.0. The van der Waals surface area contributed by atoms with Crippen LogP contribution in [-0.4, -0.2) is 52.9 Å². The van der Waals surface area contributed by atoms with Gasteiger partial charge in [-0.3, -0.25) is 10.1 Å². The Kier molecular flexibility index (Phi) is 5.96. The van der Waals surface area contributed by atoms with Gasteiger partial charge in [0.15, 0.2) is 0 Å². The van der Waals surface area contributed by atoms with Gasteiger partial charge in [0.25, 0.3) is 0 Å². The third-order valence-electron chi connectivity index (χ3n) is 5.81. The maximum Gasteiger partial charge on any atom is 0.216 e. The predicted molar refractivity (Wildman–Crippen MR) is 107 cm³/mol. The largest absolute Gasteiger partial charge is 0.492 e. The highest BCUT2D eigenvalue weighted by atomic mass is 32.2. The molecule has 2 fully saturated rings. The lowest BCUT2D eigenvalue weighted by Gasteiger charge is -2.35. The molecule has 1 aliphatic carbocycles. The molecule has 2 aliphatic rings. The minimum atomic E-state index is -3.18. The number of hydrogen-bond donors (Lipinski definition) is 1. The van der Waals surface area contributed by atoms with Crippen LogP contribution in [-0.2, 0) is 10.0 Å². The molecule has 8 heteroatoms. The van der Waals surface area contributed by atoms with Crippen molar-refractivity contribution in [2.75, 3.05) is 19.7 Å². The number of H-pyrrole nitrogens is 1. The van der Waals surface area contributed by atoms with Gasteiger partial charge >= 0.3 is 0 Å². The van der Waals surface area contributed by atoms with Gasteiger partial charge in [0, 0.05) is 25.2 Å². The van der Waals surface area contributed by atoms with Crippen molar-refractivity contribution in [3.05, 3.63) is 30.6 Å². The first-order chi connectivity index (χ1) is 13.6. The Bertz CT molecular complexity index is 846. The minimum absolute atomic E-state index is 0.180. The predicted octanol–water partition coefficient (Wildman–Crippen LogP) is 3.23. The van der Waals surface area contributed by atoms with Crippen LogP contribution in [0.3, 0.4) is 0 Å². The number of ether oxygens (including phenoxy) is 1. The van der Waals surface area contributed by atoms with Crippen molar-refractivity contribution in [3.63, 3.8) is 0 Å². The van der Waals surface area contributed by atoms with Crippen LogP contribution in [0.25, 0.3) is 11.4 Å². The number of aromatic amines is 1. The molecule has 2 aromatic rings. The molecule has 7 nitrogen and oxygen atoms in total. The number of sulfonamides is 1. The van der Waals surface area contributed by atoms with E-state index in [0.29, 0.717) is 25.4 Å². The number of nitrogens with one attached hydrogen (secondary N) is 1. The van der Waals surface area contributed by atoms with Crippen LogP contribution in [0, 0.1) is 5.92 Å². The number of nitrogens with zero attached hydrogens (tertiary/aromatic N) is 3. The highest BCUT2D eigenvalue weighted by Crippen LogP contribution is 2.29. The maximum absolute atomic E-state index is 13.0. The summed E-state index contributed by atoms with van der Waals surface area (Å²) in [5.74, 6) is 0.926. The molecule has 1 saturated carbocycles. The monoisotopic (exact) mass is 404 g/mol. The highest BCUT2D eigenvalue weighted by Gasteiger charge is 2.35. The summed E-state index contributed by atoms with van der Waals surface area (Å²) in [4.78, 5) is 4.40. The average molecular weight is 405 g/mol. The first-order valence-corrected chi connectivity index (χ1v) is 11.7. The van der Waals surface area contributed by atoms with Crippen molar-refractivity contribution in [1.29, 1.82) is 0 Å². The van der Waals surface area contributed by atoms with Crippen molar-refractivity contribution in [1.82, 2.24) is 19.5 Å². The molecule has 2 aromatic heterocycles. The van der Waals surface area contributed by atoms with Crippen molar-refractivity contribution in [3.8, 4) is 17.1 Å². The fraction of sp³-hybridized carbons (Fsp3) is 0.600. The fourth-order valence-corrected chi connectivity index (χ4v) is 6.36. The maximum atomic E-state index is 13.0. The Morgan fingerprint density at radius 3 is 2.68 bits per heavy atom. The van der Waals surface area contributed by atoms with E-state index in [1.54, 1.807) is 16.7 Å². The zero-order chi connectivity index (χ0) is 19.4.